The highest BCUT2D eigenvalue weighted by Gasteiger charge is 2.44. The monoisotopic (exact) mass is 485 g/mol. The van der Waals surface area contributed by atoms with Gasteiger partial charge in [0.05, 0.1) is 30.5 Å². The Bertz CT molecular complexity index is 1270. The fourth-order valence-electron chi connectivity index (χ4n) is 4.72. The Morgan fingerprint density at radius 1 is 1.20 bits per heavy atom. The molecule has 2 aliphatic rings. The van der Waals surface area contributed by atoms with E-state index < -0.39 is 12.0 Å². The van der Waals surface area contributed by atoms with Gasteiger partial charge in [-0.2, -0.15) is 13.9 Å². The molecule has 186 valence electrons. The molecular weight excluding hydrogens is 456 g/mol. The van der Waals surface area contributed by atoms with Crippen LogP contribution in [0.5, 0.6) is 0 Å². The molecule has 0 spiro atoms. The molecule has 1 aromatic carbocycles. The van der Waals surface area contributed by atoms with Crippen LogP contribution in [0.15, 0.2) is 35.1 Å². The molecule has 10 heteroatoms. The Morgan fingerprint density at radius 2 is 2.00 bits per heavy atom. The molecule has 0 amide bonds. The second kappa shape index (κ2) is 9.50. The lowest BCUT2D eigenvalue weighted by atomic mass is 9.97. The number of fused-ring (bicyclic) bond motifs is 1. The molecule has 2 aliphatic heterocycles. The van der Waals surface area contributed by atoms with Crippen molar-refractivity contribution in [1.82, 2.24) is 15.2 Å². The van der Waals surface area contributed by atoms with Crippen LogP contribution in [0.2, 0.25) is 0 Å². The summed E-state index contributed by atoms with van der Waals surface area (Å²) in [4.78, 5) is 17.7. The Labute approximate surface area is 201 Å². The molecule has 3 aromatic rings. The number of morpholine rings is 1. The van der Waals surface area contributed by atoms with Gasteiger partial charge in [0.1, 0.15) is 11.8 Å². The normalized spacial score (nSPS) is 19.8. The van der Waals surface area contributed by atoms with E-state index in [1.54, 1.807) is 19.1 Å². The number of ether oxygens (including phenoxy) is 2. The Morgan fingerprint density at radius 3 is 2.74 bits per heavy atom. The van der Waals surface area contributed by atoms with Gasteiger partial charge in [-0.3, -0.25) is 4.79 Å². The first-order valence-corrected chi connectivity index (χ1v) is 11.9. The van der Waals surface area contributed by atoms with Gasteiger partial charge in [-0.15, -0.1) is 5.10 Å². The second-order valence-electron chi connectivity index (χ2n) is 9.12. The number of hydrogen-bond donors (Lipinski definition) is 2. The molecule has 8 nitrogen and oxygen atoms in total. The van der Waals surface area contributed by atoms with Gasteiger partial charge in [0.25, 0.3) is 11.5 Å². The van der Waals surface area contributed by atoms with Crippen molar-refractivity contribution in [2.45, 2.75) is 44.8 Å². The van der Waals surface area contributed by atoms with Gasteiger partial charge in [-0.05, 0) is 44.4 Å². The summed E-state index contributed by atoms with van der Waals surface area (Å²) in [6.07, 6.45) is -0.103. The van der Waals surface area contributed by atoms with Crippen molar-refractivity contribution in [2.75, 3.05) is 43.1 Å². The number of H-pyrrole nitrogens is 1. The first kappa shape index (κ1) is 23.6. The lowest BCUT2D eigenvalue weighted by molar-refractivity contribution is -0.122. The zero-order chi connectivity index (χ0) is 24.6. The highest BCUT2D eigenvalue weighted by atomic mass is 19.3. The Kier molecular flexibility index (Phi) is 6.41. The van der Waals surface area contributed by atoms with Crippen LogP contribution in [0.3, 0.4) is 0 Å². The Hall–Kier alpha value is -3.11. The van der Waals surface area contributed by atoms with E-state index in [1.807, 2.05) is 17.9 Å². The lowest BCUT2D eigenvalue weighted by Crippen LogP contribution is -2.39. The highest BCUT2D eigenvalue weighted by Crippen LogP contribution is 2.39. The summed E-state index contributed by atoms with van der Waals surface area (Å²) < 4.78 is 40.7. The van der Waals surface area contributed by atoms with E-state index in [9.17, 15) is 4.79 Å². The summed E-state index contributed by atoms with van der Waals surface area (Å²) in [5.41, 5.74) is 2.17. The van der Waals surface area contributed by atoms with Crippen LogP contribution in [0.25, 0.3) is 10.9 Å². The summed E-state index contributed by atoms with van der Waals surface area (Å²) in [6, 6.07) is 7.88. The maximum absolute atomic E-state index is 15.0. The van der Waals surface area contributed by atoms with E-state index in [-0.39, 0.29) is 17.2 Å². The number of halogens is 2. The number of aromatic nitrogens is 3. The molecule has 1 unspecified atom stereocenters. The lowest BCUT2D eigenvalue weighted by Gasteiger charge is -2.28. The van der Waals surface area contributed by atoms with Gasteiger partial charge in [-0.25, -0.2) is 0 Å². The third-order valence-corrected chi connectivity index (χ3v) is 6.75. The van der Waals surface area contributed by atoms with Crippen LogP contribution in [0, 0.1) is 6.92 Å². The third-order valence-electron chi connectivity index (χ3n) is 6.75. The zero-order valence-electron chi connectivity index (χ0n) is 19.8. The number of hydrogen-bond acceptors (Lipinski definition) is 7. The largest absolute Gasteiger partial charge is 0.378 e. The first-order valence-electron chi connectivity index (χ1n) is 11.9. The van der Waals surface area contributed by atoms with Crippen molar-refractivity contribution in [2.24, 2.45) is 0 Å². The van der Waals surface area contributed by atoms with E-state index >= 15 is 8.78 Å². The number of pyridine rings is 1. The van der Waals surface area contributed by atoms with Crippen molar-refractivity contribution in [3.05, 3.63) is 57.5 Å². The quantitative estimate of drug-likeness (QED) is 0.547. The van der Waals surface area contributed by atoms with Crippen LogP contribution >= 0.6 is 0 Å². The minimum atomic E-state index is -3.06. The number of nitrogens with zero attached hydrogens (tertiary/aromatic N) is 3. The van der Waals surface area contributed by atoms with E-state index in [4.69, 9.17) is 9.47 Å². The molecule has 0 aliphatic carbocycles. The van der Waals surface area contributed by atoms with Crippen LogP contribution < -0.4 is 15.8 Å². The van der Waals surface area contributed by atoms with Crippen LogP contribution in [0.4, 0.5) is 20.3 Å². The smallest absolute Gasteiger partial charge is 0.298 e. The minimum absolute atomic E-state index is 0.0608. The van der Waals surface area contributed by atoms with Crippen LogP contribution in [-0.4, -0.2) is 54.2 Å². The van der Waals surface area contributed by atoms with Gasteiger partial charge < -0.3 is 24.7 Å². The third kappa shape index (κ3) is 4.60. The summed E-state index contributed by atoms with van der Waals surface area (Å²) in [7, 11) is 0. The van der Waals surface area contributed by atoms with Crippen molar-refractivity contribution < 1.29 is 18.3 Å². The van der Waals surface area contributed by atoms with E-state index in [2.05, 4.69) is 20.5 Å². The van der Waals surface area contributed by atoms with Gasteiger partial charge in [0, 0.05) is 30.6 Å². The fraction of sp³-hybridized carbons (Fsp3) is 0.480. The molecule has 2 aromatic heterocycles. The van der Waals surface area contributed by atoms with Gasteiger partial charge in [0.2, 0.25) is 0 Å². The summed E-state index contributed by atoms with van der Waals surface area (Å²) in [5.74, 6) is -2.59. The van der Waals surface area contributed by atoms with E-state index in [1.165, 1.54) is 12.1 Å². The predicted octanol–water partition coefficient (Wildman–Crippen LogP) is 3.91. The molecule has 0 saturated carbocycles. The SMILES string of the molecule is Cc1nnc(N[C@H](C)c2cccc(C(F)(F)C3CCCO3)c2)c2cc(N3CCOCC3)c(=O)[nH]c12. The number of benzene rings is 1. The molecule has 5 rings (SSSR count). The van der Waals surface area contributed by atoms with Gasteiger partial charge in [-0.1, -0.05) is 18.2 Å². The minimum Gasteiger partial charge on any atom is -0.378 e. The molecule has 2 fully saturated rings. The molecule has 4 heterocycles. The number of nitrogens with one attached hydrogen (secondary N) is 2. The van der Waals surface area contributed by atoms with Gasteiger partial charge in [0.15, 0.2) is 5.82 Å². The van der Waals surface area contributed by atoms with Crippen molar-refractivity contribution in [1.29, 1.82) is 0 Å². The highest BCUT2D eigenvalue weighted by molar-refractivity contribution is 5.92. The molecule has 2 atom stereocenters. The topological polar surface area (TPSA) is 92.4 Å². The van der Waals surface area contributed by atoms with E-state index in [0.717, 1.165) is 0 Å². The number of aryl methyl sites for hydroxylation is 1. The maximum Gasteiger partial charge on any atom is 0.298 e. The molecular formula is C25H29F2N5O3. The fourth-order valence-corrected chi connectivity index (χ4v) is 4.72. The first-order chi connectivity index (χ1) is 16.8. The molecule has 35 heavy (non-hydrogen) atoms. The summed E-state index contributed by atoms with van der Waals surface area (Å²) in [6.45, 7) is 6.38. The average Bonchev–Trinajstić information content (AvgIpc) is 3.42. The van der Waals surface area contributed by atoms with Crippen LogP contribution in [-0.2, 0) is 15.4 Å². The van der Waals surface area contributed by atoms with E-state index in [0.29, 0.717) is 79.4 Å². The maximum atomic E-state index is 15.0. The number of anilines is 2. The Balaban J connectivity index is 1.46. The number of alkyl halides is 2. The van der Waals surface area contributed by atoms with Crippen LogP contribution in [0.1, 0.15) is 42.6 Å². The summed E-state index contributed by atoms with van der Waals surface area (Å²) in [5, 5.41) is 12.5. The van der Waals surface area contributed by atoms with Gasteiger partial charge >= 0.3 is 0 Å². The number of rotatable bonds is 6. The van der Waals surface area contributed by atoms with Crippen molar-refractivity contribution in [3.8, 4) is 0 Å². The molecule has 0 radical (unpaired) electrons. The molecule has 2 saturated heterocycles. The average molecular weight is 486 g/mol. The molecule has 0 bridgehead atoms. The van der Waals surface area contributed by atoms with Crippen molar-refractivity contribution in [3.63, 3.8) is 0 Å². The number of aromatic amines is 1. The predicted molar refractivity (Wildman–Crippen MR) is 129 cm³/mol. The summed E-state index contributed by atoms with van der Waals surface area (Å²) >= 11 is 0. The zero-order valence-corrected chi connectivity index (χ0v) is 19.8. The standard InChI is InChI=1S/C25H29F2N5O3/c1-15(17-5-3-6-18(13-17)25(26,27)21-7-4-10-35-21)28-23-19-14-20(32-8-11-34-12-9-32)24(33)29-22(19)16(2)30-31-23/h3,5-6,13-15,21H,4,7-12H2,1-2H3,(H,28,31)(H,29,33)/t15-,21?/m1/s1. The molecule has 2 N–H and O–H groups in total. The van der Waals surface area contributed by atoms with Crippen molar-refractivity contribution >= 4 is 22.4 Å². The second-order valence-corrected chi connectivity index (χ2v) is 9.12.